The Labute approximate surface area is 79.8 Å². The van der Waals surface area contributed by atoms with E-state index in [1.54, 1.807) is 0 Å². The van der Waals surface area contributed by atoms with Crippen LogP contribution in [0, 0.1) is 0 Å². The maximum absolute atomic E-state index is 9.01. The van der Waals surface area contributed by atoms with Crippen molar-refractivity contribution in [3.63, 3.8) is 0 Å². The summed E-state index contributed by atoms with van der Waals surface area (Å²) in [6.45, 7) is 0.795. The molecule has 0 aromatic rings. The predicted molar refractivity (Wildman–Crippen MR) is 42.2 cm³/mol. The number of hydrogen-bond acceptors (Lipinski definition) is 8. The van der Waals surface area contributed by atoms with Crippen molar-refractivity contribution in [2.45, 2.75) is 24.6 Å². The van der Waals surface area contributed by atoms with E-state index in [-0.39, 0.29) is 6.61 Å². The maximum atomic E-state index is 9.01. The molecule has 1 aliphatic heterocycles. The van der Waals surface area contributed by atoms with Gasteiger partial charge in [-0.1, -0.05) is 0 Å². The first-order valence-electron chi connectivity index (χ1n) is 3.64. The van der Waals surface area contributed by atoms with Crippen LogP contribution in [0.2, 0.25) is 0 Å². The Balaban J connectivity index is 0.000000364. The lowest BCUT2D eigenvalue weighted by molar-refractivity contribution is -0.335. The van der Waals surface area contributed by atoms with Crippen molar-refractivity contribution < 1.29 is 40.2 Å². The highest BCUT2D eigenvalue weighted by Crippen LogP contribution is 2.31. The standard InChI is InChI=1S/C5H10O5.BH3O3/c1-4(7)5(8,9)3(6)2-10-4;2-1(3)4/h3,6-9H,2H2,1H3;2-4H/t3-,4-;/m0./s1. The molecule has 0 saturated carbocycles. The molecule has 0 unspecified atom stereocenters. The van der Waals surface area contributed by atoms with E-state index in [2.05, 4.69) is 4.74 Å². The Morgan fingerprint density at radius 1 is 1.21 bits per heavy atom. The van der Waals surface area contributed by atoms with Crippen LogP contribution < -0.4 is 0 Å². The molecule has 9 heteroatoms. The summed E-state index contributed by atoms with van der Waals surface area (Å²) in [5.74, 6) is -4.64. The topological polar surface area (TPSA) is 151 Å². The van der Waals surface area contributed by atoms with Crippen LogP contribution in [0.4, 0.5) is 0 Å². The molecule has 7 N–H and O–H groups in total. The van der Waals surface area contributed by atoms with Crippen molar-refractivity contribution in [1.82, 2.24) is 0 Å². The zero-order valence-electron chi connectivity index (χ0n) is 7.40. The minimum absolute atomic E-state index is 0.278. The lowest BCUT2D eigenvalue weighted by Gasteiger charge is -2.28. The number of aliphatic hydroxyl groups is 4. The van der Waals surface area contributed by atoms with Crippen molar-refractivity contribution >= 4 is 7.32 Å². The molecule has 84 valence electrons. The van der Waals surface area contributed by atoms with Gasteiger partial charge in [-0.25, -0.2) is 0 Å². The molecule has 0 aromatic heterocycles. The van der Waals surface area contributed by atoms with Gasteiger partial charge in [0.25, 0.3) is 0 Å². The minimum Gasteiger partial charge on any atom is -0.402 e. The van der Waals surface area contributed by atoms with E-state index in [4.69, 9.17) is 35.5 Å². The molecule has 2 atom stereocenters. The Hall–Kier alpha value is -0.255. The lowest BCUT2D eigenvalue weighted by Crippen LogP contribution is -2.54. The quantitative estimate of drug-likeness (QED) is 0.157. The Morgan fingerprint density at radius 3 is 1.64 bits per heavy atom. The van der Waals surface area contributed by atoms with Crippen LogP contribution in [0.25, 0.3) is 0 Å². The van der Waals surface area contributed by atoms with Gasteiger partial charge in [0.15, 0.2) is 0 Å². The van der Waals surface area contributed by atoms with Crippen LogP contribution in [-0.2, 0) is 4.74 Å². The summed E-state index contributed by atoms with van der Waals surface area (Å²) in [5.41, 5.74) is 0. The molecule has 0 bridgehead atoms. The predicted octanol–water partition coefficient (Wildman–Crippen LogP) is -4.28. The molecule has 1 saturated heterocycles. The van der Waals surface area contributed by atoms with Crippen LogP contribution in [0.3, 0.4) is 0 Å². The van der Waals surface area contributed by atoms with Gasteiger partial charge in [0, 0.05) is 0 Å². The zero-order valence-corrected chi connectivity index (χ0v) is 7.40. The van der Waals surface area contributed by atoms with Gasteiger partial charge in [-0.2, -0.15) is 0 Å². The third-order valence-corrected chi connectivity index (χ3v) is 1.67. The van der Waals surface area contributed by atoms with Gasteiger partial charge >= 0.3 is 7.32 Å². The highest BCUT2D eigenvalue weighted by atomic mass is 16.7. The van der Waals surface area contributed by atoms with Gasteiger partial charge in [-0.15, -0.1) is 0 Å². The van der Waals surface area contributed by atoms with Gasteiger partial charge in [-0.05, 0) is 6.92 Å². The summed E-state index contributed by atoms with van der Waals surface area (Å²) < 4.78 is 4.47. The Bertz CT molecular complexity index is 178. The molecule has 14 heavy (non-hydrogen) atoms. The second-order valence-corrected chi connectivity index (χ2v) is 2.88. The van der Waals surface area contributed by atoms with Gasteiger partial charge in [-0.3, -0.25) is 0 Å². The summed E-state index contributed by atoms with van der Waals surface area (Å²) in [6.07, 6.45) is -1.46. The molecule has 1 fully saturated rings. The van der Waals surface area contributed by atoms with Crippen LogP contribution >= 0.6 is 0 Å². The number of rotatable bonds is 0. The molecule has 0 radical (unpaired) electrons. The fourth-order valence-electron chi connectivity index (χ4n) is 0.773. The molecule has 0 aromatic carbocycles. The van der Waals surface area contributed by atoms with Gasteiger partial charge in [0.2, 0.25) is 11.6 Å². The molecule has 0 amide bonds. The van der Waals surface area contributed by atoms with E-state index >= 15 is 0 Å². The first-order chi connectivity index (χ1) is 6.11. The third kappa shape index (κ3) is 3.15. The molecular weight excluding hydrogens is 199 g/mol. The molecule has 1 rings (SSSR count). The van der Waals surface area contributed by atoms with Crippen LogP contribution in [-0.4, -0.2) is 67.1 Å². The third-order valence-electron chi connectivity index (χ3n) is 1.67. The van der Waals surface area contributed by atoms with Gasteiger partial charge < -0.3 is 40.2 Å². The SMILES string of the molecule is C[C@]1(O)OC[C@H](O)C1(O)O.OB(O)O. The maximum Gasteiger partial charge on any atom is 0.631 e. The zero-order chi connectivity index (χ0) is 11.6. The number of ether oxygens (including phenoxy) is 1. The number of hydrogen-bond donors (Lipinski definition) is 7. The second kappa shape index (κ2) is 4.51. The van der Waals surface area contributed by atoms with E-state index < -0.39 is 25.0 Å². The average molecular weight is 212 g/mol. The highest BCUT2D eigenvalue weighted by Gasteiger charge is 2.57. The summed E-state index contributed by atoms with van der Waals surface area (Å²) in [6, 6.07) is 0. The highest BCUT2D eigenvalue weighted by molar-refractivity contribution is 6.30. The first-order valence-corrected chi connectivity index (χ1v) is 3.64. The number of aliphatic hydroxyl groups excluding tert-OH is 1. The molecule has 1 heterocycles. The smallest absolute Gasteiger partial charge is 0.402 e. The van der Waals surface area contributed by atoms with E-state index in [0.717, 1.165) is 6.92 Å². The average Bonchev–Trinajstić information content (AvgIpc) is 2.13. The van der Waals surface area contributed by atoms with Crippen molar-refractivity contribution in [3.8, 4) is 0 Å². The van der Waals surface area contributed by atoms with Crippen LogP contribution in [0.5, 0.6) is 0 Å². The summed E-state index contributed by atoms with van der Waals surface area (Å²) in [4.78, 5) is 0. The molecule has 8 nitrogen and oxygen atoms in total. The molecule has 0 spiro atoms. The Kier molecular flexibility index (Phi) is 4.43. The van der Waals surface area contributed by atoms with Crippen molar-refractivity contribution in [3.05, 3.63) is 0 Å². The minimum atomic E-state index is -2.56. The van der Waals surface area contributed by atoms with Gasteiger partial charge in [0.1, 0.15) is 6.10 Å². The van der Waals surface area contributed by atoms with Crippen LogP contribution in [0.1, 0.15) is 6.92 Å². The van der Waals surface area contributed by atoms with E-state index in [1.807, 2.05) is 0 Å². The second-order valence-electron chi connectivity index (χ2n) is 2.88. The molecule has 1 aliphatic rings. The first kappa shape index (κ1) is 13.7. The summed E-state index contributed by atoms with van der Waals surface area (Å²) in [5, 5.41) is 57.2. The monoisotopic (exact) mass is 212 g/mol. The lowest BCUT2D eigenvalue weighted by atomic mass is 10.1. The fraction of sp³-hybridized carbons (Fsp3) is 1.00. The summed E-state index contributed by atoms with van der Waals surface area (Å²) in [7, 11) is -2.17. The van der Waals surface area contributed by atoms with Crippen LogP contribution in [0.15, 0.2) is 0 Å². The van der Waals surface area contributed by atoms with E-state index in [0.29, 0.717) is 0 Å². The van der Waals surface area contributed by atoms with Gasteiger partial charge in [0.05, 0.1) is 6.61 Å². The van der Waals surface area contributed by atoms with E-state index in [1.165, 1.54) is 0 Å². The van der Waals surface area contributed by atoms with Crippen molar-refractivity contribution in [2.24, 2.45) is 0 Å². The molecule has 0 aliphatic carbocycles. The van der Waals surface area contributed by atoms with Crippen molar-refractivity contribution in [1.29, 1.82) is 0 Å². The van der Waals surface area contributed by atoms with Crippen molar-refractivity contribution in [2.75, 3.05) is 6.61 Å². The Morgan fingerprint density at radius 2 is 1.57 bits per heavy atom. The van der Waals surface area contributed by atoms with E-state index in [9.17, 15) is 0 Å². The summed E-state index contributed by atoms with van der Waals surface area (Å²) >= 11 is 0. The normalized spacial score (nSPS) is 34.7. The largest absolute Gasteiger partial charge is 0.631 e. The molecular formula is C5H13BO8. The fourth-order valence-corrected chi connectivity index (χ4v) is 0.773.